The maximum atomic E-state index is 13.7. The first-order valence-corrected chi connectivity index (χ1v) is 8.96. The van der Waals surface area contributed by atoms with Gasteiger partial charge in [0.1, 0.15) is 11.6 Å². The SMILES string of the molecule is COc1ccc(C(C)N2CCN(c3ccc(Cl)c(F)c3)CC2)cc1C. The third kappa shape index (κ3) is 3.91. The number of aryl methyl sites for hydroxylation is 1. The summed E-state index contributed by atoms with van der Waals surface area (Å²) in [5.74, 6) is 0.564. The molecule has 3 rings (SSSR count). The zero-order valence-corrected chi connectivity index (χ0v) is 15.7. The Labute approximate surface area is 154 Å². The Kier molecular flexibility index (Phi) is 5.50. The van der Waals surface area contributed by atoms with Crippen molar-refractivity contribution in [3.05, 3.63) is 58.4 Å². The number of benzene rings is 2. The molecule has 1 unspecified atom stereocenters. The lowest BCUT2D eigenvalue weighted by Gasteiger charge is -2.39. The Morgan fingerprint density at radius 2 is 1.80 bits per heavy atom. The molecule has 3 nitrogen and oxygen atoms in total. The third-order valence-electron chi connectivity index (χ3n) is 5.03. The van der Waals surface area contributed by atoms with Gasteiger partial charge in [0.25, 0.3) is 0 Å². The van der Waals surface area contributed by atoms with Crippen molar-refractivity contribution in [3.8, 4) is 5.75 Å². The first-order valence-electron chi connectivity index (χ1n) is 8.58. The van der Waals surface area contributed by atoms with Gasteiger partial charge < -0.3 is 9.64 Å². The van der Waals surface area contributed by atoms with E-state index in [1.807, 2.05) is 12.1 Å². The van der Waals surface area contributed by atoms with Crippen molar-refractivity contribution in [2.75, 3.05) is 38.2 Å². The van der Waals surface area contributed by atoms with Crippen LogP contribution in [0.1, 0.15) is 24.1 Å². The largest absolute Gasteiger partial charge is 0.496 e. The van der Waals surface area contributed by atoms with Gasteiger partial charge in [-0.05, 0) is 49.2 Å². The fourth-order valence-electron chi connectivity index (χ4n) is 3.42. The molecule has 134 valence electrons. The fraction of sp³-hybridized carbons (Fsp3) is 0.400. The van der Waals surface area contributed by atoms with Gasteiger partial charge in [-0.15, -0.1) is 0 Å². The van der Waals surface area contributed by atoms with Crippen LogP contribution in [0.2, 0.25) is 5.02 Å². The molecule has 2 aromatic carbocycles. The number of nitrogens with zero attached hydrogens (tertiary/aromatic N) is 2. The first-order chi connectivity index (χ1) is 12.0. The van der Waals surface area contributed by atoms with E-state index in [4.69, 9.17) is 16.3 Å². The van der Waals surface area contributed by atoms with E-state index in [-0.39, 0.29) is 10.8 Å². The molecule has 0 radical (unpaired) electrons. The highest BCUT2D eigenvalue weighted by molar-refractivity contribution is 6.30. The molecule has 1 aliphatic heterocycles. The lowest BCUT2D eigenvalue weighted by Crippen LogP contribution is -2.47. The molecule has 0 amide bonds. The quantitative estimate of drug-likeness (QED) is 0.785. The van der Waals surface area contributed by atoms with E-state index in [9.17, 15) is 4.39 Å². The van der Waals surface area contributed by atoms with Crippen molar-refractivity contribution in [1.82, 2.24) is 4.90 Å². The molecule has 0 aliphatic carbocycles. The van der Waals surface area contributed by atoms with Crippen molar-refractivity contribution in [2.45, 2.75) is 19.9 Å². The standard InChI is InChI=1S/C20H24ClFN2O/c1-14-12-16(4-7-20(14)25-3)15(2)23-8-10-24(11-9-23)17-5-6-18(21)19(22)13-17/h4-7,12-13,15H,8-11H2,1-3H3. The predicted molar refractivity (Wildman–Crippen MR) is 101 cm³/mol. The maximum Gasteiger partial charge on any atom is 0.143 e. The van der Waals surface area contributed by atoms with Crippen LogP contribution in [0.25, 0.3) is 0 Å². The van der Waals surface area contributed by atoms with E-state index in [1.165, 1.54) is 11.6 Å². The first kappa shape index (κ1) is 18.0. The number of anilines is 1. The molecule has 25 heavy (non-hydrogen) atoms. The highest BCUT2D eigenvalue weighted by Crippen LogP contribution is 2.28. The topological polar surface area (TPSA) is 15.7 Å². The molecular formula is C20H24ClFN2O. The van der Waals surface area contributed by atoms with Crippen LogP contribution in [0.3, 0.4) is 0 Å². The van der Waals surface area contributed by atoms with E-state index in [0.717, 1.165) is 43.2 Å². The summed E-state index contributed by atoms with van der Waals surface area (Å²) < 4.78 is 19.0. The molecule has 0 N–H and O–H groups in total. The van der Waals surface area contributed by atoms with Gasteiger partial charge >= 0.3 is 0 Å². The second-order valence-corrected chi connectivity index (χ2v) is 6.93. The van der Waals surface area contributed by atoms with E-state index in [2.05, 4.69) is 35.8 Å². The van der Waals surface area contributed by atoms with Gasteiger partial charge in [0, 0.05) is 37.9 Å². The number of ether oxygens (including phenoxy) is 1. The summed E-state index contributed by atoms with van der Waals surface area (Å²) in [4.78, 5) is 4.67. The van der Waals surface area contributed by atoms with Crippen LogP contribution in [0.4, 0.5) is 10.1 Å². The van der Waals surface area contributed by atoms with E-state index >= 15 is 0 Å². The van der Waals surface area contributed by atoms with Crippen LogP contribution in [-0.4, -0.2) is 38.2 Å². The zero-order valence-electron chi connectivity index (χ0n) is 14.9. The highest BCUT2D eigenvalue weighted by atomic mass is 35.5. The number of rotatable bonds is 4. The van der Waals surface area contributed by atoms with Crippen LogP contribution >= 0.6 is 11.6 Å². The molecular weight excluding hydrogens is 339 g/mol. The molecule has 0 aromatic heterocycles. The summed E-state index contributed by atoms with van der Waals surface area (Å²) in [5, 5.41) is 0.172. The molecule has 1 saturated heterocycles. The molecule has 0 saturated carbocycles. The van der Waals surface area contributed by atoms with Crippen LogP contribution in [0.15, 0.2) is 36.4 Å². The Hall–Kier alpha value is -1.78. The minimum Gasteiger partial charge on any atom is -0.496 e. The minimum atomic E-state index is -0.358. The van der Waals surface area contributed by atoms with Gasteiger partial charge in [-0.1, -0.05) is 23.7 Å². The Bertz CT molecular complexity index is 744. The molecule has 1 heterocycles. The molecule has 0 spiro atoms. The predicted octanol–water partition coefficient (Wildman–Crippen LogP) is 4.68. The third-order valence-corrected chi connectivity index (χ3v) is 5.34. The molecule has 1 fully saturated rings. The number of piperazine rings is 1. The summed E-state index contributed by atoms with van der Waals surface area (Å²) in [6.45, 7) is 7.94. The van der Waals surface area contributed by atoms with Crippen LogP contribution in [0, 0.1) is 12.7 Å². The Morgan fingerprint density at radius 1 is 1.08 bits per heavy atom. The molecule has 5 heteroatoms. The van der Waals surface area contributed by atoms with Crippen LogP contribution in [0.5, 0.6) is 5.75 Å². The summed E-state index contributed by atoms with van der Waals surface area (Å²) in [7, 11) is 1.70. The van der Waals surface area contributed by atoms with Crippen molar-refractivity contribution >= 4 is 17.3 Å². The second-order valence-electron chi connectivity index (χ2n) is 6.53. The summed E-state index contributed by atoms with van der Waals surface area (Å²) in [6.07, 6.45) is 0. The van der Waals surface area contributed by atoms with Gasteiger partial charge in [0.2, 0.25) is 0 Å². The van der Waals surface area contributed by atoms with Gasteiger partial charge in [-0.2, -0.15) is 0 Å². The van der Waals surface area contributed by atoms with Gasteiger partial charge in [-0.3, -0.25) is 4.90 Å². The number of methoxy groups -OCH3 is 1. The molecule has 2 aromatic rings. The minimum absolute atomic E-state index is 0.172. The van der Waals surface area contributed by atoms with E-state index < -0.39 is 0 Å². The zero-order chi connectivity index (χ0) is 18.0. The van der Waals surface area contributed by atoms with Gasteiger partial charge in [0.15, 0.2) is 0 Å². The van der Waals surface area contributed by atoms with Gasteiger partial charge in [0.05, 0.1) is 12.1 Å². The highest BCUT2D eigenvalue weighted by Gasteiger charge is 2.23. The summed E-state index contributed by atoms with van der Waals surface area (Å²) in [5.41, 5.74) is 3.35. The van der Waals surface area contributed by atoms with Crippen LogP contribution < -0.4 is 9.64 Å². The summed E-state index contributed by atoms with van der Waals surface area (Å²) >= 11 is 5.78. The van der Waals surface area contributed by atoms with Gasteiger partial charge in [-0.25, -0.2) is 4.39 Å². The van der Waals surface area contributed by atoms with E-state index in [1.54, 1.807) is 13.2 Å². The van der Waals surface area contributed by atoms with Crippen molar-refractivity contribution < 1.29 is 9.13 Å². The average Bonchev–Trinajstić information content (AvgIpc) is 2.63. The van der Waals surface area contributed by atoms with E-state index in [0.29, 0.717) is 6.04 Å². The van der Waals surface area contributed by atoms with Crippen molar-refractivity contribution in [3.63, 3.8) is 0 Å². The Morgan fingerprint density at radius 3 is 2.40 bits per heavy atom. The van der Waals surface area contributed by atoms with Crippen LogP contribution in [-0.2, 0) is 0 Å². The molecule has 1 aliphatic rings. The number of halogens is 2. The lowest BCUT2D eigenvalue weighted by atomic mass is 10.0. The average molecular weight is 363 g/mol. The maximum absolute atomic E-state index is 13.7. The number of hydrogen-bond acceptors (Lipinski definition) is 3. The monoisotopic (exact) mass is 362 g/mol. The summed E-state index contributed by atoms with van der Waals surface area (Å²) in [6, 6.07) is 11.7. The number of hydrogen-bond donors (Lipinski definition) is 0. The molecule has 0 bridgehead atoms. The lowest BCUT2D eigenvalue weighted by molar-refractivity contribution is 0.198. The fourth-order valence-corrected chi connectivity index (χ4v) is 3.54. The second kappa shape index (κ2) is 7.63. The van der Waals surface area contributed by atoms with Crippen molar-refractivity contribution in [2.24, 2.45) is 0 Å². The molecule has 1 atom stereocenters. The normalized spacial score (nSPS) is 16.8. The van der Waals surface area contributed by atoms with Crippen molar-refractivity contribution in [1.29, 1.82) is 0 Å². The Balaban J connectivity index is 1.65. The smallest absolute Gasteiger partial charge is 0.143 e.